The number of carbonyl (C=O) groups is 1. The van der Waals surface area contributed by atoms with E-state index in [1.54, 1.807) is 18.3 Å². The molecule has 11 heteroatoms. The molecule has 0 saturated carbocycles. The van der Waals surface area contributed by atoms with Crippen molar-refractivity contribution in [2.24, 2.45) is 0 Å². The van der Waals surface area contributed by atoms with Gasteiger partial charge in [0.2, 0.25) is 5.91 Å². The van der Waals surface area contributed by atoms with E-state index < -0.39 is 6.61 Å². The van der Waals surface area contributed by atoms with Crippen molar-refractivity contribution in [3.05, 3.63) is 48.3 Å². The Morgan fingerprint density at radius 2 is 2.14 bits per heavy atom. The molecule has 184 valence electrons. The largest absolute Gasteiger partial charge is 0.490 e. The van der Waals surface area contributed by atoms with Crippen molar-refractivity contribution >= 4 is 34.4 Å². The molecule has 1 amide bonds. The number of pyridine rings is 2. The molecule has 0 spiro atoms. The minimum absolute atomic E-state index is 0.0317. The fourth-order valence-electron chi connectivity index (χ4n) is 4.03. The Morgan fingerprint density at radius 1 is 1.23 bits per heavy atom. The van der Waals surface area contributed by atoms with Crippen molar-refractivity contribution in [3.63, 3.8) is 0 Å². The van der Waals surface area contributed by atoms with Gasteiger partial charge in [-0.3, -0.25) is 9.78 Å². The van der Waals surface area contributed by atoms with Crippen LogP contribution in [0.2, 0.25) is 0 Å². The third-order valence-corrected chi connectivity index (χ3v) is 6.84. The van der Waals surface area contributed by atoms with Crippen LogP contribution in [0.3, 0.4) is 0 Å². The number of hydrogen-bond donors (Lipinski definition) is 2. The van der Waals surface area contributed by atoms with Crippen LogP contribution in [-0.4, -0.2) is 53.6 Å². The Balaban J connectivity index is 1.11. The van der Waals surface area contributed by atoms with Gasteiger partial charge >= 0.3 is 6.61 Å². The van der Waals surface area contributed by atoms with Gasteiger partial charge in [-0.05, 0) is 49.2 Å². The number of aromatic nitrogens is 2. The van der Waals surface area contributed by atoms with Gasteiger partial charge in [-0.15, -0.1) is 11.8 Å². The first-order valence-electron chi connectivity index (χ1n) is 11.3. The number of alkyl halides is 2. The summed E-state index contributed by atoms with van der Waals surface area (Å²) in [6, 6.07) is 10.4. The van der Waals surface area contributed by atoms with Gasteiger partial charge in [0.15, 0.2) is 0 Å². The smallest absolute Gasteiger partial charge is 0.387 e. The predicted molar refractivity (Wildman–Crippen MR) is 127 cm³/mol. The number of nitrogens with zero attached hydrogens (tertiary/aromatic N) is 2. The van der Waals surface area contributed by atoms with Crippen molar-refractivity contribution in [2.45, 2.75) is 43.0 Å². The quantitative estimate of drug-likeness (QED) is 0.478. The summed E-state index contributed by atoms with van der Waals surface area (Å²) in [5.41, 5.74) is 1.49. The van der Waals surface area contributed by atoms with Crippen molar-refractivity contribution < 1.29 is 27.8 Å². The molecule has 2 aliphatic heterocycles. The van der Waals surface area contributed by atoms with E-state index in [4.69, 9.17) is 9.47 Å². The van der Waals surface area contributed by atoms with E-state index in [1.807, 2.05) is 12.1 Å². The van der Waals surface area contributed by atoms with Crippen LogP contribution in [-0.2, 0) is 16.1 Å². The van der Waals surface area contributed by atoms with Crippen LogP contribution in [0.25, 0.3) is 10.9 Å². The first-order chi connectivity index (χ1) is 17.0. The number of amides is 1. The van der Waals surface area contributed by atoms with Crippen LogP contribution in [0.4, 0.5) is 14.6 Å². The second-order valence-corrected chi connectivity index (χ2v) is 9.29. The van der Waals surface area contributed by atoms with Crippen molar-refractivity contribution in [2.75, 3.05) is 24.3 Å². The number of ether oxygens (including phenoxy) is 3. The molecule has 2 aromatic heterocycles. The zero-order valence-corrected chi connectivity index (χ0v) is 19.5. The highest BCUT2D eigenvalue weighted by atomic mass is 32.2. The maximum absolute atomic E-state index is 12.6. The molecule has 0 unspecified atom stereocenters. The number of halogens is 2. The third-order valence-electron chi connectivity index (χ3n) is 5.80. The number of rotatable bonds is 8. The lowest BCUT2D eigenvalue weighted by atomic mass is 10.1. The number of thioether (sulfide) groups is 1. The third kappa shape index (κ3) is 5.98. The Morgan fingerprint density at radius 3 is 2.97 bits per heavy atom. The van der Waals surface area contributed by atoms with Gasteiger partial charge < -0.3 is 24.8 Å². The summed E-state index contributed by atoms with van der Waals surface area (Å²) in [6.45, 7) is -1.44. The van der Waals surface area contributed by atoms with Crippen LogP contribution >= 0.6 is 11.8 Å². The molecule has 2 aliphatic rings. The fraction of sp³-hybridized carbons (Fsp3) is 0.375. The molecule has 8 nitrogen and oxygen atoms in total. The van der Waals surface area contributed by atoms with Gasteiger partial charge in [0.25, 0.3) is 0 Å². The zero-order chi connectivity index (χ0) is 24.2. The van der Waals surface area contributed by atoms with Crippen LogP contribution in [0.15, 0.2) is 47.5 Å². The Kier molecular flexibility index (Phi) is 7.26. The van der Waals surface area contributed by atoms with E-state index in [1.165, 1.54) is 23.9 Å². The average molecular weight is 503 g/mol. The molecule has 1 aromatic carbocycles. The summed E-state index contributed by atoms with van der Waals surface area (Å²) in [6.07, 6.45) is 3.26. The highest BCUT2D eigenvalue weighted by molar-refractivity contribution is 8.00. The number of anilines is 1. The molecular formula is C24H24F2N4O4S. The lowest BCUT2D eigenvalue weighted by Crippen LogP contribution is -2.41. The highest BCUT2D eigenvalue weighted by Gasteiger charge is 2.23. The lowest BCUT2D eigenvalue weighted by Gasteiger charge is -2.29. The van der Waals surface area contributed by atoms with Crippen molar-refractivity contribution in [1.29, 1.82) is 0 Å². The van der Waals surface area contributed by atoms with Crippen LogP contribution in [0, 0.1) is 0 Å². The predicted octanol–water partition coefficient (Wildman–Crippen LogP) is 3.99. The number of hydrogen-bond acceptors (Lipinski definition) is 8. The highest BCUT2D eigenvalue weighted by Crippen LogP contribution is 2.30. The summed E-state index contributed by atoms with van der Waals surface area (Å²) in [4.78, 5) is 21.4. The molecule has 0 radical (unpaired) electrons. The van der Waals surface area contributed by atoms with Gasteiger partial charge in [0.05, 0.1) is 34.6 Å². The SMILES string of the molecule is O=C1CSc2ccc(CN[C@@H]3CC[C@@H](COc4ccnc5ccc(OC(F)F)cc45)OC3)nc2N1. The standard InChI is InChI=1S/C24H24F2N4O4S/c25-24(26)34-16-4-5-19-18(9-16)20(7-8-27-19)33-12-17-3-1-15(11-32-17)28-10-14-2-6-21-23(29-14)30-22(31)13-35-21/h2,4-9,15,17,24,28H,1,3,10-13H2,(H,29,30,31)/t15-,17+/m1/s1. The maximum atomic E-state index is 12.6. The summed E-state index contributed by atoms with van der Waals surface area (Å²) in [5, 5.41) is 6.88. The van der Waals surface area contributed by atoms with Crippen LogP contribution in [0.5, 0.6) is 11.5 Å². The Labute approximate surface area is 204 Å². The van der Waals surface area contributed by atoms with Gasteiger partial charge in [0.1, 0.15) is 23.9 Å². The van der Waals surface area contributed by atoms with E-state index in [0.717, 1.165) is 23.4 Å². The van der Waals surface area contributed by atoms with Gasteiger partial charge in [0, 0.05) is 24.2 Å². The molecule has 2 atom stereocenters. The minimum atomic E-state index is -2.89. The van der Waals surface area contributed by atoms with Gasteiger partial charge in [-0.2, -0.15) is 8.78 Å². The molecule has 35 heavy (non-hydrogen) atoms. The Bertz CT molecular complexity index is 1210. The molecule has 1 fully saturated rings. The zero-order valence-electron chi connectivity index (χ0n) is 18.7. The van der Waals surface area contributed by atoms with E-state index in [-0.39, 0.29) is 23.8 Å². The molecule has 5 rings (SSSR count). The minimum Gasteiger partial charge on any atom is -0.490 e. The molecule has 1 saturated heterocycles. The fourth-order valence-corrected chi connectivity index (χ4v) is 4.79. The topological polar surface area (TPSA) is 94.6 Å². The second kappa shape index (κ2) is 10.7. The maximum Gasteiger partial charge on any atom is 0.387 e. The molecule has 2 N–H and O–H groups in total. The average Bonchev–Trinajstić information content (AvgIpc) is 2.86. The molecule has 3 aromatic rings. The molecule has 0 bridgehead atoms. The Hall–Kier alpha value is -3.02. The van der Waals surface area contributed by atoms with E-state index in [0.29, 0.717) is 48.0 Å². The number of carbonyl (C=O) groups excluding carboxylic acids is 1. The van der Waals surface area contributed by atoms with Crippen LogP contribution in [0.1, 0.15) is 18.5 Å². The van der Waals surface area contributed by atoms with E-state index in [2.05, 4.69) is 25.3 Å². The number of fused-ring (bicyclic) bond motifs is 2. The van der Waals surface area contributed by atoms with E-state index in [9.17, 15) is 13.6 Å². The molecule has 4 heterocycles. The van der Waals surface area contributed by atoms with Crippen LogP contribution < -0.4 is 20.1 Å². The van der Waals surface area contributed by atoms with Crippen molar-refractivity contribution in [1.82, 2.24) is 15.3 Å². The lowest BCUT2D eigenvalue weighted by molar-refractivity contribution is -0.113. The second-order valence-electron chi connectivity index (χ2n) is 8.27. The van der Waals surface area contributed by atoms with Gasteiger partial charge in [-0.1, -0.05) is 0 Å². The first-order valence-corrected chi connectivity index (χ1v) is 12.3. The summed E-state index contributed by atoms with van der Waals surface area (Å²) in [5.74, 6) is 1.61. The molecule has 0 aliphatic carbocycles. The normalized spacial score (nSPS) is 19.9. The number of benzene rings is 1. The van der Waals surface area contributed by atoms with Gasteiger partial charge in [-0.25, -0.2) is 4.98 Å². The first kappa shape index (κ1) is 23.7. The summed E-state index contributed by atoms with van der Waals surface area (Å²) in [7, 11) is 0. The summed E-state index contributed by atoms with van der Waals surface area (Å²) < 4.78 is 41.6. The van der Waals surface area contributed by atoms with Crippen molar-refractivity contribution in [3.8, 4) is 11.5 Å². The molecular weight excluding hydrogens is 478 g/mol. The summed E-state index contributed by atoms with van der Waals surface area (Å²) >= 11 is 1.49. The number of nitrogens with one attached hydrogen (secondary N) is 2. The van der Waals surface area contributed by atoms with E-state index >= 15 is 0 Å². The monoisotopic (exact) mass is 502 g/mol.